The quantitative estimate of drug-likeness (QED) is 0.519. The number of phenols is 1. The van der Waals surface area contributed by atoms with Gasteiger partial charge < -0.3 is 15.5 Å². The van der Waals surface area contributed by atoms with Crippen molar-refractivity contribution < 1.29 is 23.4 Å². The molecule has 2 aromatic carbocycles. The van der Waals surface area contributed by atoms with Gasteiger partial charge in [-0.25, -0.2) is 4.68 Å². The Morgan fingerprint density at radius 2 is 1.84 bits per heavy atom. The van der Waals surface area contributed by atoms with Crippen LogP contribution in [0.4, 0.5) is 19.0 Å². The average molecular weight is 468 g/mol. The molecule has 3 N–H and O–H groups in total. The van der Waals surface area contributed by atoms with Gasteiger partial charge in [0.2, 0.25) is 0 Å². The molecule has 0 fully saturated rings. The molecule has 1 aliphatic carbocycles. The van der Waals surface area contributed by atoms with Crippen LogP contribution in [0, 0.1) is 0 Å². The molecule has 170 valence electrons. The van der Waals surface area contributed by atoms with Crippen molar-refractivity contribution in [1.82, 2.24) is 9.78 Å². The molecular formula is C22H21ClF3N3O3. The second kappa shape index (κ2) is 7.11. The average Bonchev–Trinajstić information content (AvgIpc) is 2.69. The second-order valence-electron chi connectivity index (χ2n) is 8.77. The highest BCUT2D eigenvalue weighted by molar-refractivity contribution is 6.32. The summed E-state index contributed by atoms with van der Waals surface area (Å²) in [7, 11) is 1.39. The minimum Gasteiger partial charge on any atom is -0.506 e. The molecule has 2 unspecified atom stereocenters. The number of benzene rings is 2. The number of nitrogens with zero attached hydrogens (tertiary/aromatic N) is 2. The van der Waals surface area contributed by atoms with Crippen LogP contribution in [0.5, 0.6) is 5.75 Å². The van der Waals surface area contributed by atoms with Gasteiger partial charge >= 0.3 is 6.18 Å². The Kier molecular flexibility index (Phi) is 4.98. The summed E-state index contributed by atoms with van der Waals surface area (Å²) in [6.07, 6.45) is -5.67. The zero-order chi connectivity index (χ0) is 23.6. The van der Waals surface area contributed by atoms with Crippen LogP contribution in [0.25, 0.3) is 10.8 Å². The molecule has 6 nitrogen and oxygen atoms in total. The molecule has 3 aromatic rings. The number of aliphatic hydroxyl groups is 1. The van der Waals surface area contributed by atoms with Crippen LogP contribution in [0.2, 0.25) is 5.02 Å². The van der Waals surface area contributed by atoms with Crippen LogP contribution in [-0.2, 0) is 12.5 Å². The van der Waals surface area contributed by atoms with E-state index in [0.29, 0.717) is 10.9 Å². The Morgan fingerprint density at radius 1 is 1.22 bits per heavy atom. The van der Waals surface area contributed by atoms with Crippen LogP contribution in [0.1, 0.15) is 37.4 Å². The van der Waals surface area contributed by atoms with Crippen molar-refractivity contribution in [2.75, 3.05) is 5.32 Å². The predicted molar refractivity (Wildman–Crippen MR) is 115 cm³/mol. The lowest BCUT2D eigenvalue weighted by atomic mass is 9.63. The van der Waals surface area contributed by atoms with Crippen molar-refractivity contribution in [2.24, 2.45) is 7.05 Å². The molecule has 0 amide bonds. The molecule has 32 heavy (non-hydrogen) atoms. The van der Waals surface area contributed by atoms with Gasteiger partial charge in [0.15, 0.2) is 11.4 Å². The largest absolute Gasteiger partial charge is 0.506 e. The monoisotopic (exact) mass is 467 g/mol. The zero-order valence-electron chi connectivity index (χ0n) is 17.5. The molecule has 0 spiro atoms. The second-order valence-corrected chi connectivity index (χ2v) is 9.18. The molecule has 2 atom stereocenters. The Morgan fingerprint density at radius 3 is 2.47 bits per heavy atom. The van der Waals surface area contributed by atoms with Crippen LogP contribution in [0.3, 0.4) is 0 Å². The zero-order valence-corrected chi connectivity index (χ0v) is 18.2. The first-order valence-electron chi connectivity index (χ1n) is 9.81. The summed E-state index contributed by atoms with van der Waals surface area (Å²) < 4.78 is 43.9. The predicted octanol–water partition coefficient (Wildman–Crippen LogP) is 4.42. The number of alkyl halides is 3. The molecular weight excluding hydrogens is 447 g/mol. The van der Waals surface area contributed by atoms with E-state index in [1.54, 1.807) is 38.1 Å². The molecule has 0 saturated heterocycles. The Balaban J connectivity index is 2.00. The summed E-state index contributed by atoms with van der Waals surface area (Å²) in [5.74, 6) is -0.259. The molecule has 0 radical (unpaired) electrons. The third kappa shape index (κ3) is 3.31. The van der Waals surface area contributed by atoms with Gasteiger partial charge in [-0.3, -0.25) is 4.79 Å². The number of aromatic nitrogens is 2. The molecule has 0 aliphatic heterocycles. The van der Waals surface area contributed by atoms with Gasteiger partial charge in [-0.1, -0.05) is 43.6 Å². The molecule has 4 rings (SSSR count). The normalized spacial score (nSPS) is 22.6. The summed E-state index contributed by atoms with van der Waals surface area (Å²) >= 11 is 6.05. The van der Waals surface area contributed by atoms with Gasteiger partial charge in [0.25, 0.3) is 5.56 Å². The van der Waals surface area contributed by atoms with E-state index in [1.807, 2.05) is 0 Å². The summed E-state index contributed by atoms with van der Waals surface area (Å²) in [6.45, 7) is 3.12. The third-order valence-corrected chi connectivity index (χ3v) is 6.38. The number of aryl methyl sites for hydroxylation is 1. The van der Waals surface area contributed by atoms with E-state index in [9.17, 15) is 28.2 Å². The van der Waals surface area contributed by atoms with Gasteiger partial charge in [0, 0.05) is 12.4 Å². The molecule has 1 aliphatic rings. The number of nitrogens with one attached hydrogen (secondary N) is 1. The Bertz CT molecular complexity index is 1290. The van der Waals surface area contributed by atoms with Crippen molar-refractivity contribution in [3.05, 3.63) is 62.9 Å². The van der Waals surface area contributed by atoms with E-state index in [4.69, 9.17) is 11.6 Å². The summed E-state index contributed by atoms with van der Waals surface area (Å²) in [6, 6.07) is 7.25. The van der Waals surface area contributed by atoms with Crippen molar-refractivity contribution >= 4 is 28.2 Å². The summed E-state index contributed by atoms with van der Waals surface area (Å²) in [4.78, 5) is 12.4. The number of rotatable bonds is 2. The molecule has 1 heterocycles. The first kappa shape index (κ1) is 22.4. The first-order chi connectivity index (χ1) is 14.8. The number of halogens is 4. The SMILES string of the molecule is Cn1nc(NC2c3cc(Cl)c(O)cc3C(C)(C)CC2(O)C(F)(F)F)c2ccccc2c1=O. The highest BCUT2D eigenvalue weighted by Crippen LogP contribution is 2.55. The van der Waals surface area contributed by atoms with Gasteiger partial charge in [0.1, 0.15) is 5.75 Å². The number of aromatic hydroxyl groups is 1. The van der Waals surface area contributed by atoms with E-state index in [-0.39, 0.29) is 27.5 Å². The van der Waals surface area contributed by atoms with Gasteiger partial charge in [-0.15, -0.1) is 0 Å². The van der Waals surface area contributed by atoms with E-state index in [1.165, 1.54) is 19.2 Å². The standard InChI is InChI=1S/C22H21ClF3N3O3/c1-20(2)10-21(32,22(24,25)26)17(13-8-15(23)16(30)9-14(13)20)27-18-11-6-4-5-7-12(11)19(31)29(3)28-18/h4-9,17,30,32H,10H2,1-3H3,(H,27,28). The lowest BCUT2D eigenvalue weighted by Crippen LogP contribution is -2.58. The lowest BCUT2D eigenvalue weighted by molar-refractivity contribution is -0.275. The van der Waals surface area contributed by atoms with Gasteiger partial charge in [0.05, 0.1) is 16.5 Å². The molecule has 1 aromatic heterocycles. The number of hydrogen-bond donors (Lipinski definition) is 3. The molecule has 0 saturated carbocycles. The lowest BCUT2D eigenvalue weighted by Gasteiger charge is -2.49. The first-order valence-corrected chi connectivity index (χ1v) is 10.2. The minimum atomic E-state index is -5.00. The maximum Gasteiger partial charge on any atom is 0.419 e. The summed E-state index contributed by atoms with van der Waals surface area (Å²) in [5, 5.41) is 28.5. The highest BCUT2D eigenvalue weighted by Gasteiger charge is 2.64. The maximum absolute atomic E-state index is 14.3. The van der Waals surface area contributed by atoms with Crippen molar-refractivity contribution in [2.45, 2.75) is 43.5 Å². The van der Waals surface area contributed by atoms with Crippen molar-refractivity contribution in [3.63, 3.8) is 0 Å². The van der Waals surface area contributed by atoms with Crippen LogP contribution in [-0.4, -0.2) is 31.8 Å². The minimum absolute atomic E-state index is 0.00484. The smallest absolute Gasteiger partial charge is 0.419 e. The van der Waals surface area contributed by atoms with Crippen molar-refractivity contribution in [3.8, 4) is 5.75 Å². The van der Waals surface area contributed by atoms with Crippen molar-refractivity contribution in [1.29, 1.82) is 0 Å². The fourth-order valence-corrected chi connectivity index (χ4v) is 4.71. The van der Waals surface area contributed by atoms with Gasteiger partial charge in [-0.05, 0) is 41.2 Å². The number of anilines is 1. The fraction of sp³-hybridized carbons (Fsp3) is 0.364. The Labute approximate surface area is 186 Å². The topological polar surface area (TPSA) is 87.4 Å². The number of phenolic OH excluding ortho intramolecular Hbond substituents is 1. The third-order valence-electron chi connectivity index (χ3n) is 6.08. The highest BCUT2D eigenvalue weighted by atomic mass is 35.5. The van der Waals surface area contributed by atoms with E-state index in [2.05, 4.69) is 10.4 Å². The van der Waals surface area contributed by atoms with Crippen LogP contribution >= 0.6 is 11.6 Å². The van der Waals surface area contributed by atoms with Gasteiger partial charge in [-0.2, -0.15) is 18.3 Å². The summed E-state index contributed by atoms with van der Waals surface area (Å²) in [5.41, 5.74) is -4.21. The number of hydrogen-bond acceptors (Lipinski definition) is 5. The van der Waals surface area contributed by atoms with E-state index < -0.39 is 35.2 Å². The van der Waals surface area contributed by atoms with Crippen LogP contribution < -0.4 is 10.9 Å². The fourth-order valence-electron chi connectivity index (χ4n) is 4.53. The van der Waals surface area contributed by atoms with E-state index in [0.717, 1.165) is 4.68 Å². The molecule has 0 bridgehead atoms. The number of fused-ring (bicyclic) bond motifs is 2. The Hall–Kier alpha value is -2.78. The molecule has 10 heteroatoms. The van der Waals surface area contributed by atoms with E-state index >= 15 is 0 Å². The van der Waals surface area contributed by atoms with Crippen LogP contribution in [0.15, 0.2) is 41.2 Å². The maximum atomic E-state index is 14.3.